The smallest absolute Gasteiger partial charge is 0.296 e. The van der Waals surface area contributed by atoms with Gasteiger partial charge >= 0.3 is 0 Å². The van der Waals surface area contributed by atoms with Gasteiger partial charge in [-0.05, 0) is 30.7 Å². The number of hydrogen-bond donors (Lipinski definition) is 5. The highest BCUT2D eigenvalue weighted by Crippen LogP contribution is 2.40. The number of carbonyl (C=O) groups excluding carboxylic acids is 2. The maximum atomic E-state index is 13.3. The highest BCUT2D eigenvalue weighted by molar-refractivity contribution is 7.86. The van der Waals surface area contributed by atoms with E-state index in [1.807, 2.05) is 0 Å². The molecule has 0 saturated heterocycles. The first kappa shape index (κ1) is 23.4. The van der Waals surface area contributed by atoms with Crippen molar-refractivity contribution in [1.29, 1.82) is 0 Å². The molecule has 0 atom stereocenters. The van der Waals surface area contributed by atoms with Crippen LogP contribution < -0.4 is 16.8 Å². The molecule has 0 aliphatic heterocycles. The molecule has 0 fully saturated rings. The SMILES string of the molecule is Cc1cc(N)c(S(=O)(=O)O)cc1Nc1cc(S(=O)(=O)O)c(N)c2c1C(=O)c1ccccc1C2=O. The van der Waals surface area contributed by atoms with Crippen LogP contribution in [0.3, 0.4) is 0 Å². The predicted octanol–water partition coefficient (Wildman–Crippen LogP) is 2.17. The lowest BCUT2D eigenvalue weighted by molar-refractivity contribution is 0.0980. The standard InChI is InChI=1S/C21H17N3O8S2/c1-9-6-12(22)15(33(27,28)29)7-13(9)24-14-8-16(34(30,31)32)19(23)18-17(14)20(25)10-4-2-3-5-11(10)21(18)26/h2-8,24H,22-23H2,1H3,(H,27,28,29)(H,30,31,32). The number of hydrogen-bond acceptors (Lipinski definition) is 9. The van der Waals surface area contributed by atoms with Gasteiger partial charge in [0.05, 0.1) is 28.2 Å². The fourth-order valence-corrected chi connectivity index (χ4v) is 5.09. The second kappa shape index (κ2) is 7.63. The molecule has 1 aliphatic rings. The van der Waals surface area contributed by atoms with Crippen molar-refractivity contribution in [2.45, 2.75) is 16.7 Å². The predicted molar refractivity (Wildman–Crippen MR) is 123 cm³/mol. The van der Waals surface area contributed by atoms with Gasteiger partial charge in [-0.15, -0.1) is 0 Å². The van der Waals surface area contributed by atoms with Crippen molar-refractivity contribution in [3.05, 3.63) is 70.3 Å². The van der Waals surface area contributed by atoms with E-state index in [-0.39, 0.29) is 33.8 Å². The van der Waals surface area contributed by atoms with Crippen LogP contribution in [0, 0.1) is 6.92 Å². The number of anilines is 4. The summed E-state index contributed by atoms with van der Waals surface area (Å²) in [6.45, 7) is 1.53. The Balaban J connectivity index is 2.04. The van der Waals surface area contributed by atoms with E-state index in [1.54, 1.807) is 6.07 Å². The average Bonchev–Trinajstić information content (AvgIpc) is 2.73. The molecular weight excluding hydrogens is 486 g/mol. The van der Waals surface area contributed by atoms with Crippen molar-refractivity contribution in [3.8, 4) is 0 Å². The normalized spacial score (nSPS) is 13.4. The zero-order chi connectivity index (χ0) is 25.2. The monoisotopic (exact) mass is 503 g/mol. The zero-order valence-electron chi connectivity index (χ0n) is 17.4. The summed E-state index contributed by atoms with van der Waals surface area (Å²) >= 11 is 0. The Morgan fingerprint density at radius 1 is 0.765 bits per heavy atom. The Morgan fingerprint density at radius 2 is 1.26 bits per heavy atom. The van der Waals surface area contributed by atoms with Crippen LogP contribution in [0.2, 0.25) is 0 Å². The van der Waals surface area contributed by atoms with E-state index in [2.05, 4.69) is 5.32 Å². The molecule has 0 saturated carbocycles. The molecule has 3 aromatic rings. The van der Waals surface area contributed by atoms with Gasteiger partial charge in [-0.2, -0.15) is 16.8 Å². The molecule has 1 aliphatic carbocycles. The summed E-state index contributed by atoms with van der Waals surface area (Å²) in [6, 6.07) is 8.95. The van der Waals surface area contributed by atoms with E-state index < -0.39 is 52.8 Å². The van der Waals surface area contributed by atoms with Crippen LogP contribution in [0.1, 0.15) is 37.4 Å². The quantitative estimate of drug-likeness (QED) is 0.201. The second-order valence-corrected chi connectivity index (χ2v) is 10.3. The maximum absolute atomic E-state index is 13.3. The zero-order valence-corrected chi connectivity index (χ0v) is 19.0. The van der Waals surface area contributed by atoms with Gasteiger partial charge in [0.25, 0.3) is 20.2 Å². The Bertz CT molecular complexity index is 1640. The Labute approximate surface area is 193 Å². The van der Waals surface area contributed by atoms with Crippen molar-refractivity contribution in [3.63, 3.8) is 0 Å². The highest BCUT2D eigenvalue weighted by Gasteiger charge is 2.36. The summed E-state index contributed by atoms with van der Waals surface area (Å²) in [7, 11) is -9.65. The molecule has 0 amide bonds. The summed E-state index contributed by atoms with van der Waals surface area (Å²) in [6.07, 6.45) is 0. The van der Waals surface area contributed by atoms with Crippen molar-refractivity contribution in [2.75, 3.05) is 16.8 Å². The van der Waals surface area contributed by atoms with Gasteiger partial charge in [-0.3, -0.25) is 18.7 Å². The van der Waals surface area contributed by atoms with Crippen LogP contribution in [0.25, 0.3) is 0 Å². The third-order valence-corrected chi connectivity index (χ3v) is 7.18. The molecule has 0 heterocycles. The van der Waals surface area contributed by atoms with E-state index in [0.717, 1.165) is 12.1 Å². The van der Waals surface area contributed by atoms with Crippen LogP contribution in [0.4, 0.5) is 22.7 Å². The molecule has 34 heavy (non-hydrogen) atoms. The number of rotatable bonds is 4. The van der Waals surface area contributed by atoms with Gasteiger partial charge in [0.1, 0.15) is 9.79 Å². The third-order valence-electron chi connectivity index (χ3n) is 5.38. The lowest BCUT2D eigenvalue weighted by atomic mass is 9.82. The van der Waals surface area contributed by atoms with E-state index >= 15 is 0 Å². The lowest BCUT2D eigenvalue weighted by Gasteiger charge is -2.24. The van der Waals surface area contributed by atoms with E-state index in [9.17, 15) is 35.5 Å². The molecule has 0 radical (unpaired) electrons. The van der Waals surface area contributed by atoms with Crippen LogP contribution >= 0.6 is 0 Å². The first-order chi connectivity index (χ1) is 15.7. The first-order valence-electron chi connectivity index (χ1n) is 9.49. The van der Waals surface area contributed by atoms with Crippen molar-refractivity contribution in [1.82, 2.24) is 0 Å². The number of benzene rings is 3. The van der Waals surface area contributed by atoms with Gasteiger partial charge in [0.15, 0.2) is 11.6 Å². The Hall–Kier alpha value is -3.78. The van der Waals surface area contributed by atoms with Gasteiger partial charge in [0.2, 0.25) is 0 Å². The van der Waals surface area contributed by atoms with E-state index in [4.69, 9.17) is 11.5 Å². The van der Waals surface area contributed by atoms with Gasteiger partial charge < -0.3 is 16.8 Å². The molecule has 0 bridgehead atoms. The van der Waals surface area contributed by atoms with Crippen molar-refractivity contribution < 1.29 is 35.5 Å². The Kier molecular flexibility index (Phi) is 5.25. The molecular formula is C21H17N3O8S2. The minimum atomic E-state index is -4.93. The molecule has 176 valence electrons. The minimum Gasteiger partial charge on any atom is -0.398 e. The molecule has 7 N–H and O–H groups in total. The largest absolute Gasteiger partial charge is 0.398 e. The van der Waals surface area contributed by atoms with Crippen LogP contribution in [-0.2, 0) is 20.2 Å². The Morgan fingerprint density at radius 3 is 1.79 bits per heavy atom. The number of nitrogen functional groups attached to an aromatic ring is 2. The lowest BCUT2D eigenvalue weighted by Crippen LogP contribution is -2.25. The molecule has 4 rings (SSSR count). The molecule has 0 spiro atoms. The molecule has 13 heteroatoms. The van der Waals surface area contributed by atoms with Crippen LogP contribution in [0.15, 0.2) is 52.3 Å². The number of carbonyl (C=O) groups is 2. The molecule has 3 aromatic carbocycles. The number of nitrogens with one attached hydrogen (secondary N) is 1. The van der Waals surface area contributed by atoms with Gasteiger partial charge in [-0.1, -0.05) is 24.3 Å². The van der Waals surface area contributed by atoms with Crippen LogP contribution in [-0.4, -0.2) is 37.5 Å². The number of aryl methyl sites for hydroxylation is 1. The summed E-state index contributed by atoms with van der Waals surface area (Å²) in [5, 5.41) is 2.73. The van der Waals surface area contributed by atoms with Crippen molar-refractivity contribution >= 4 is 54.6 Å². The van der Waals surface area contributed by atoms with Crippen LogP contribution in [0.5, 0.6) is 0 Å². The summed E-state index contributed by atoms with van der Waals surface area (Å²) < 4.78 is 66.5. The summed E-state index contributed by atoms with van der Waals surface area (Å²) in [5.74, 6) is -1.38. The van der Waals surface area contributed by atoms with Gasteiger partial charge in [-0.25, -0.2) is 0 Å². The first-order valence-corrected chi connectivity index (χ1v) is 12.4. The minimum absolute atomic E-state index is 0.00228. The van der Waals surface area contributed by atoms with Crippen molar-refractivity contribution in [2.24, 2.45) is 0 Å². The maximum Gasteiger partial charge on any atom is 0.296 e. The molecule has 11 nitrogen and oxygen atoms in total. The third kappa shape index (κ3) is 3.70. The number of ketones is 2. The fraction of sp³-hybridized carbons (Fsp3) is 0.0476. The molecule has 0 unspecified atom stereocenters. The van der Waals surface area contributed by atoms with E-state index in [1.165, 1.54) is 31.2 Å². The highest BCUT2D eigenvalue weighted by atomic mass is 32.2. The fourth-order valence-electron chi connectivity index (χ4n) is 3.82. The number of nitrogens with two attached hydrogens (primary N) is 2. The second-order valence-electron chi connectivity index (χ2n) is 7.57. The van der Waals surface area contributed by atoms with Gasteiger partial charge in [0, 0.05) is 16.8 Å². The average molecular weight is 504 g/mol. The summed E-state index contributed by atoms with van der Waals surface area (Å²) in [5.41, 5.74) is 10.3. The number of fused-ring (bicyclic) bond motifs is 2. The topological polar surface area (TPSA) is 207 Å². The molecule has 0 aromatic heterocycles. The summed E-state index contributed by atoms with van der Waals surface area (Å²) in [4.78, 5) is 25.1. The van der Waals surface area contributed by atoms with E-state index in [0.29, 0.717) is 5.56 Å².